The summed E-state index contributed by atoms with van der Waals surface area (Å²) >= 11 is 0. The van der Waals surface area contributed by atoms with E-state index in [0.717, 1.165) is 6.92 Å². The Hall–Kier alpha value is -11.1. The average Bonchev–Trinajstić information content (AvgIpc) is 1.69. The van der Waals surface area contributed by atoms with Crippen molar-refractivity contribution in [1.29, 1.82) is 5.41 Å². The molecule has 1 aromatic heterocycles. The van der Waals surface area contributed by atoms with E-state index in [1.165, 1.54) is 0 Å². The molecule has 3 aromatic rings. The van der Waals surface area contributed by atoms with Gasteiger partial charge in [-0.3, -0.25) is 72.5 Å². The minimum absolute atomic E-state index is 0.0221. The highest BCUT2D eigenvalue weighted by Crippen LogP contribution is 2.21. The molecule has 0 radical (unpaired) electrons. The Morgan fingerprint density at radius 3 is 1.21 bits per heavy atom. The number of benzene rings is 2. The molecule has 0 aliphatic heterocycles. The van der Waals surface area contributed by atoms with Gasteiger partial charge in [0.1, 0.15) is 66.5 Å². The largest absolute Gasteiger partial charge is 0.480 e. The minimum Gasteiger partial charge on any atom is -0.480 e. The first-order valence-electron chi connectivity index (χ1n) is 41.2. The fourth-order valence-corrected chi connectivity index (χ4v) is 12.7. The Bertz CT molecular complexity index is 3780. The lowest BCUT2D eigenvalue weighted by molar-refractivity contribution is -0.142. The number of hydrogen-bond donors (Lipinski definition) is 28. The maximum atomic E-state index is 14.8. The van der Waals surface area contributed by atoms with Crippen molar-refractivity contribution in [2.75, 3.05) is 65.5 Å². The van der Waals surface area contributed by atoms with E-state index in [1.54, 1.807) is 60.8 Å². The smallest absolute Gasteiger partial charge is 0.326 e. The lowest BCUT2D eigenvalue weighted by atomic mass is 10.0. The van der Waals surface area contributed by atoms with Crippen LogP contribution in [-0.2, 0) is 84.8 Å². The number of rotatable bonds is 64. The van der Waals surface area contributed by atoms with Crippen LogP contribution in [-0.4, -0.2) is 259 Å². The monoisotopic (exact) mass is 1710 g/mol. The molecule has 0 aliphatic rings. The fraction of sp³-hybridized carbons (Fsp3) is 0.615. The van der Waals surface area contributed by atoms with Crippen LogP contribution in [0.15, 0.2) is 60.8 Å². The first kappa shape index (κ1) is 104. The molecule has 0 saturated heterocycles. The molecule has 43 nitrogen and oxygen atoms in total. The molecule has 1 heterocycles. The zero-order valence-electron chi connectivity index (χ0n) is 69.0. The molecule has 0 bridgehead atoms. The van der Waals surface area contributed by atoms with E-state index in [4.69, 9.17) is 57.0 Å². The van der Waals surface area contributed by atoms with Crippen LogP contribution < -0.4 is 126 Å². The number of para-hydroxylation sites is 1. The number of aliphatic hydroxyl groups is 2. The normalized spacial score (nSPS) is 14.4. The predicted molar refractivity (Wildman–Crippen MR) is 449 cm³/mol. The molecule has 0 fully saturated rings. The number of primary amides is 1. The highest BCUT2D eigenvalue weighted by Gasteiger charge is 2.38. The third-order valence-electron chi connectivity index (χ3n) is 19.5. The van der Waals surface area contributed by atoms with Crippen molar-refractivity contribution in [3.05, 3.63) is 71.9 Å². The van der Waals surface area contributed by atoms with Crippen LogP contribution in [0.2, 0.25) is 0 Å². The quantitative estimate of drug-likeness (QED) is 0.0142. The Morgan fingerprint density at radius 2 is 0.760 bits per heavy atom. The maximum absolute atomic E-state index is 14.8. The lowest BCUT2D eigenvalue weighted by Gasteiger charge is -2.28. The SMILES string of the molecule is C[C@@H](O)[C@H](NC(=O)[C@H](CCCCN)NC(=O)[C@H](CCC(N)=O)NC(=O)[C@@H](N)CCCCN)C(=O)N[C@@H](CO)C(=O)N[C@@H](Cc1ccccc1)C(=O)NCC(=O)N[C@@H](CCCNC(=N)N)C(=O)NCC(=O)N[C@@H](CCCCN)C(=O)N[C@@H](CCCCN)C(=O)N[C@@H](Cc1c[nH]c2ccccc12)C(=O)N[C@@H](CCCCN)C(=O)N[C@@H](CCCCN)C(=O)O. The fourth-order valence-electron chi connectivity index (χ4n) is 12.7. The van der Waals surface area contributed by atoms with Crippen LogP contribution >= 0.6 is 0 Å². The number of carboxylic acids is 1. The van der Waals surface area contributed by atoms with Gasteiger partial charge in [0.2, 0.25) is 82.7 Å². The number of fused-ring (bicyclic) bond motifs is 1. The van der Waals surface area contributed by atoms with E-state index in [-0.39, 0.29) is 129 Å². The van der Waals surface area contributed by atoms with Crippen molar-refractivity contribution in [1.82, 2.24) is 79.4 Å². The molecule has 676 valence electrons. The zero-order chi connectivity index (χ0) is 89.8. The van der Waals surface area contributed by atoms with Crippen LogP contribution in [0.4, 0.5) is 0 Å². The number of H-pyrrole nitrogens is 1. The highest BCUT2D eigenvalue weighted by atomic mass is 16.4. The molecule has 2 aromatic carbocycles. The van der Waals surface area contributed by atoms with Gasteiger partial charge in [-0.25, -0.2) is 4.79 Å². The minimum atomic E-state index is -1.88. The molecule has 43 heteroatoms. The Balaban J connectivity index is 1.87. The van der Waals surface area contributed by atoms with Crippen LogP contribution in [0.25, 0.3) is 10.9 Å². The average molecular weight is 1710 g/mol. The van der Waals surface area contributed by atoms with Gasteiger partial charge in [-0.2, -0.15) is 0 Å². The number of aliphatic carboxylic acids is 1. The second kappa shape index (κ2) is 58.8. The number of aliphatic hydroxyl groups excluding tert-OH is 2. The number of carboxylic acid groups (broad SMARTS) is 1. The summed E-state index contributed by atoms with van der Waals surface area (Å²) in [6.45, 7) is -0.146. The highest BCUT2D eigenvalue weighted by molar-refractivity contribution is 6.00. The van der Waals surface area contributed by atoms with Gasteiger partial charge in [-0.15, -0.1) is 0 Å². The first-order chi connectivity index (χ1) is 57.8. The lowest BCUT2D eigenvalue weighted by Crippen LogP contribution is -2.62. The summed E-state index contributed by atoms with van der Waals surface area (Å²) in [5.41, 5.74) is 53.1. The number of carbonyl (C=O) groups excluding carboxylic acids is 14. The molecular weight excluding hydrogens is 1580 g/mol. The van der Waals surface area contributed by atoms with E-state index in [2.05, 4.69) is 79.4 Å². The van der Waals surface area contributed by atoms with Crippen molar-refractivity contribution in [3.63, 3.8) is 0 Å². The van der Waals surface area contributed by atoms with E-state index in [1.807, 2.05) is 0 Å². The van der Waals surface area contributed by atoms with Crippen molar-refractivity contribution in [2.24, 2.45) is 51.6 Å². The first-order valence-corrected chi connectivity index (χ1v) is 41.2. The number of aromatic amines is 1. The Kier molecular flexibility index (Phi) is 50.6. The van der Waals surface area contributed by atoms with Crippen LogP contribution in [0.1, 0.15) is 159 Å². The number of guanidine groups is 1. The summed E-state index contributed by atoms with van der Waals surface area (Å²) in [4.78, 5) is 210. The molecular formula is C78H131N25O18. The molecule has 121 heavy (non-hydrogen) atoms. The van der Waals surface area contributed by atoms with Gasteiger partial charge in [-0.1, -0.05) is 55.0 Å². The van der Waals surface area contributed by atoms with Crippen LogP contribution in [0.5, 0.6) is 0 Å². The van der Waals surface area contributed by atoms with Gasteiger partial charge in [0.15, 0.2) is 5.96 Å². The van der Waals surface area contributed by atoms with E-state index in [9.17, 15) is 87.2 Å². The van der Waals surface area contributed by atoms with Crippen molar-refractivity contribution in [2.45, 2.75) is 240 Å². The number of carbonyl (C=O) groups is 15. The maximum Gasteiger partial charge on any atom is 0.326 e. The number of nitrogens with two attached hydrogens (primary N) is 9. The predicted octanol–water partition coefficient (Wildman–Crippen LogP) is -7.39. The number of hydrogen-bond acceptors (Lipinski definition) is 25. The van der Waals surface area contributed by atoms with Crippen LogP contribution in [0.3, 0.4) is 0 Å². The second-order valence-corrected chi connectivity index (χ2v) is 29.5. The number of amides is 14. The molecule has 0 unspecified atom stereocenters. The van der Waals surface area contributed by atoms with E-state index >= 15 is 0 Å². The third-order valence-corrected chi connectivity index (χ3v) is 19.5. The van der Waals surface area contributed by atoms with Crippen LogP contribution in [0, 0.1) is 5.41 Å². The van der Waals surface area contributed by atoms with Crippen molar-refractivity contribution in [3.8, 4) is 0 Å². The second-order valence-electron chi connectivity index (χ2n) is 29.5. The summed E-state index contributed by atoms with van der Waals surface area (Å²) in [5, 5.41) is 75.1. The molecule has 0 spiro atoms. The Labute approximate surface area is 703 Å². The summed E-state index contributed by atoms with van der Waals surface area (Å²) < 4.78 is 0. The van der Waals surface area contributed by atoms with Crippen molar-refractivity contribution >= 4 is 106 Å². The summed E-state index contributed by atoms with van der Waals surface area (Å²) in [5.74, 6) is -14.7. The molecule has 3 rings (SSSR count). The summed E-state index contributed by atoms with van der Waals surface area (Å²) in [6.07, 6.45) is 3.72. The topological polar surface area (TPSA) is 759 Å². The van der Waals surface area contributed by atoms with Gasteiger partial charge in [0.25, 0.3) is 0 Å². The summed E-state index contributed by atoms with van der Waals surface area (Å²) in [6, 6.07) is -2.16. The molecule has 14 amide bonds. The summed E-state index contributed by atoms with van der Waals surface area (Å²) in [7, 11) is 0. The van der Waals surface area contributed by atoms with Gasteiger partial charge in [0, 0.05) is 42.9 Å². The number of aromatic nitrogens is 1. The third kappa shape index (κ3) is 40.7. The molecule has 13 atom stereocenters. The van der Waals surface area contributed by atoms with Gasteiger partial charge >= 0.3 is 5.97 Å². The van der Waals surface area contributed by atoms with Gasteiger partial charge in [-0.05, 0) is 192 Å². The van der Waals surface area contributed by atoms with E-state index < -0.39 is 193 Å². The van der Waals surface area contributed by atoms with Gasteiger partial charge in [0.05, 0.1) is 31.8 Å². The molecule has 0 aliphatic carbocycles. The standard InChI is InChI=1S/C78H131N25O18/c1-46(105)65(103-73(116)56(28-11-17-37-83)97-72(115)57(31-32-62(86)106)95-66(109)50(85)23-7-13-33-79)76(119)102-61(45-104)75(118)100-59(40-47-20-3-2-4-21-47)68(111)92-44-63(107)93-52(30-19-39-89-78(87)88)67(110)91-43-64(108)94-53(25-8-14-34-80)69(112)96-55(27-10-16-36-82)71(114)101-60(41-48-42-90-51-24-6-5-22-49(48)51)74(117)98-54(26-9-15-35-81)70(113)99-58(77(120)121)29-12-18-38-84/h2-6,20-22,24,42,46,50,52-61,65,90,104-105H,7-19,23,25-41,43-45,79-85H2,1H3,(H2,86,106)(H,91,110)(H,92,111)(H,93,107)(H,94,108)(H,95,109)(H,96,112)(H,97,115)(H,98,117)(H,99,113)(H,100,118)(H,101,114)(H,102,119)(H,103,116)(H,120,121)(H4,87,88,89)/t46-,50+,52+,53+,54+,55+,56+,57+,58+,59+,60+,61+,65+/m1/s1. The number of unbranched alkanes of at least 4 members (excludes halogenated alkanes) is 6. The molecule has 0 saturated carbocycles. The number of nitrogens with one attached hydrogen (secondary N) is 16. The van der Waals surface area contributed by atoms with Crippen molar-refractivity contribution < 1.29 is 87.2 Å². The van der Waals surface area contributed by atoms with Gasteiger partial charge < -0.3 is 146 Å². The Morgan fingerprint density at radius 1 is 0.397 bits per heavy atom. The van der Waals surface area contributed by atoms with E-state index in [0.29, 0.717) is 92.9 Å². The molecule has 37 N–H and O–H groups in total. The zero-order valence-corrected chi connectivity index (χ0v) is 69.0.